The number of hydrogen-bond donors (Lipinski definition) is 1. The second kappa shape index (κ2) is 6.76. The molecule has 1 saturated carbocycles. The minimum atomic E-state index is -0.300. The molecule has 0 atom stereocenters. The van der Waals surface area contributed by atoms with Crippen molar-refractivity contribution in [1.82, 2.24) is 10.2 Å². The predicted molar refractivity (Wildman–Crippen MR) is 93.2 cm³/mol. The number of aromatic nitrogens is 2. The van der Waals surface area contributed by atoms with Crippen LogP contribution in [-0.4, -0.2) is 29.3 Å². The third kappa shape index (κ3) is 3.36. The highest BCUT2D eigenvalue weighted by atomic mass is 32.1. The molecule has 1 aromatic heterocycles. The molecule has 0 unspecified atom stereocenters. The molecule has 6 nitrogen and oxygen atoms in total. The summed E-state index contributed by atoms with van der Waals surface area (Å²) in [6, 6.07) is 5.33. The van der Waals surface area contributed by atoms with Crippen LogP contribution in [0.4, 0.5) is 5.13 Å². The maximum Gasteiger partial charge on any atom is 0.265 e. The monoisotopic (exact) mass is 347 g/mol. The summed E-state index contributed by atoms with van der Waals surface area (Å²) in [6.45, 7) is 6.86. The van der Waals surface area contributed by atoms with Crippen molar-refractivity contribution in [2.24, 2.45) is 0 Å². The van der Waals surface area contributed by atoms with Gasteiger partial charge in [0.2, 0.25) is 5.13 Å². The summed E-state index contributed by atoms with van der Waals surface area (Å²) in [7, 11) is 0. The van der Waals surface area contributed by atoms with E-state index in [4.69, 9.17) is 9.47 Å². The number of carbonyl (C=O) groups is 1. The van der Waals surface area contributed by atoms with Gasteiger partial charge in [0, 0.05) is 5.41 Å². The summed E-state index contributed by atoms with van der Waals surface area (Å²) < 4.78 is 11.2. The molecule has 0 spiro atoms. The van der Waals surface area contributed by atoms with Gasteiger partial charge in [0.15, 0.2) is 0 Å². The number of carbonyl (C=O) groups excluding carboxylic acids is 1. The molecule has 128 valence electrons. The van der Waals surface area contributed by atoms with Gasteiger partial charge in [0.25, 0.3) is 5.91 Å². The van der Waals surface area contributed by atoms with E-state index in [1.54, 1.807) is 12.1 Å². The third-order valence-electron chi connectivity index (χ3n) is 3.98. The maximum atomic E-state index is 12.7. The fourth-order valence-corrected chi connectivity index (χ4v) is 3.31. The van der Waals surface area contributed by atoms with Crippen molar-refractivity contribution in [1.29, 1.82) is 0 Å². The largest absolute Gasteiger partial charge is 0.493 e. The van der Waals surface area contributed by atoms with E-state index in [1.807, 2.05) is 19.9 Å². The van der Waals surface area contributed by atoms with Crippen LogP contribution >= 0.6 is 11.3 Å². The molecular formula is C17H21N3O3S. The second-order valence-corrected chi connectivity index (χ2v) is 6.90. The number of benzene rings is 1. The normalized spacial score (nSPS) is 15.0. The van der Waals surface area contributed by atoms with E-state index in [0.717, 1.165) is 17.8 Å². The molecule has 1 fully saturated rings. The van der Waals surface area contributed by atoms with E-state index >= 15 is 0 Å². The Hall–Kier alpha value is -2.15. The lowest BCUT2D eigenvalue weighted by Gasteiger charge is -2.14. The smallest absolute Gasteiger partial charge is 0.265 e. The average molecular weight is 347 g/mol. The molecular weight excluding hydrogens is 326 g/mol. The molecule has 24 heavy (non-hydrogen) atoms. The Balaban J connectivity index is 1.84. The minimum absolute atomic E-state index is 0.139. The number of nitrogens with zero attached hydrogens (tertiary/aromatic N) is 2. The topological polar surface area (TPSA) is 73.3 Å². The Morgan fingerprint density at radius 3 is 2.38 bits per heavy atom. The van der Waals surface area contributed by atoms with Gasteiger partial charge in [0.05, 0.1) is 13.2 Å². The first kappa shape index (κ1) is 16.7. The Bertz CT molecular complexity index is 716. The van der Waals surface area contributed by atoms with Crippen LogP contribution in [0.3, 0.4) is 0 Å². The van der Waals surface area contributed by atoms with Crippen molar-refractivity contribution in [2.75, 3.05) is 18.5 Å². The quantitative estimate of drug-likeness (QED) is 0.828. The molecule has 7 heteroatoms. The predicted octanol–water partition coefficient (Wildman–Crippen LogP) is 3.64. The maximum absolute atomic E-state index is 12.7. The Kier molecular flexibility index (Phi) is 4.71. The number of rotatable bonds is 7. The van der Waals surface area contributed by atoms with E-state index < -0.39 is 0 Å². The minimum Gasteiger partial charge on any atom is -0.493 e. The summed E-state index contributed by atoms with van der Waals surface area (Å²) in [5.74, 6) is 0.700. The van der Waals surface area contributed by atoms with Gasteiger partial charge in [-0.2, -0.15) is 0 Å². The summed E-state index contributed by atoms with van der Waals surface area (Å²) in [5.41, 5.74) is 0.524. The van der Waals surface area contributed by atoms with E-state index in [1.165, 1.54) is 11.3 Å². The molecule has 3 rings (SSSR count). The molecule has 0 radical (unpaired) electrons. The highest BCUT2D eigenvalue weighted by molar-refractivity contribution is 7.15. The van der Waals surface area contributed by atoms with Crippen LogP contribution in [0, 0.1) is 0 Å². The Morgan fingerprint density at radius 2 is 1.83 bits per heavy atom. The van der Waals surface area contributed by atoms with Crippen molar-refractivity contribution in [2.45, 2.75) is 39.0 Å². The first-order chi connectivity index (χ1) is 11.6. The van der Waals surface area contributed by atoms with Crippen LogP contribution in [0.5, 0.6) is 11.5 Å². The summed E-state index contributed by atoms with van der Waals surface area (Å²) in [5, 5.41) is 12.6. The van der Waals surface area contributed by atoms with E-state index in [-0.39, 0.29) is 11.3 Å². The van der Waals surface area contributed by atoms with Gasteiger partial charge in [-0.25, -0.2) is 0 Å². The number of hydrogen-bond acceptors (Lipinski definition) is 6. The van der Waals surface area contributed by atoms with Crippen LogP contribution in [0.1, 0.15) is 49.0 Å². The van der Waals surface area contributed by atoms with Gasteiger partial charge < -0.3 is 9.47 Å². The van der Waals surface area contributed by atoms with Gasteiger partial charge in [-0.15, -0.1) is 10.2 Å². The van der Waals surface area contributed by atoms with Gasteiger partial charge in [-0.3, -0.25) is 10.1 Å². The molecule has 1 aliphatic rings. The number of nitrogens with one attached hydrogen (secondary N) is 1. The van der Waals surface area contributed by atoms with Crippen LogP contribution in [-0.2, 0) is 5.41 Å². The Morgan fingerprint density at radius 1 is 1.21 bits per heavy atom. The molecule has 1 heterocycles. The molecule has 1 aliphatic carbocycles. The van der Waals surface area contributed by atoms with Crippen LogP contribution in [0.15, 0.2) is 18.2 Å². The summed E-state index contributed by atoms with van der Waals surface area (Å²) >= 11 is 1.43. The standard InChI is InChI=1S/C17H21N3O3S/c1-4-22-11-7-6-8-12(23-5-2)13(11)14(21)18-16-20-19-15(24-16)17(3)9-10-17/h6-8H,4-5,9-10H2,1-3H3,(H,18,20,21). The van der Waals surface area contributed by atoms with Crippen molar-refractivity contribution in [3.8, 4) is 11.5 Å². The highest BCUT2D eigenvalue weighted by Crippen LogP contribution is 2.49. The van der Waals surface area contributed by atoms with Crippen LogP contribution < -0.4 is 14.8 Å². The molecule has 2 aromatic rings. The summed E-state index contributed by atoms with van der Waals surface area (Å²) in [4.78, 5) is 12.7. The van der Waals surface area contributed by atoms with Gasteiger partial charge >= 0.3 is 0 Å². The second-order valence-electron chi connectivity index (χ2n) is 5.92. The van der Waals surface area contributed by atoms with Crippen molar-refractivity contribution in [3.05, 3.63) is 28.8 Å². The van der Waals surface area contributed by atoms with Crippen molar-refractivity contribution >= 4 is 22.4 Å². The number of anilines is 1. The highest BCUT2D eigenvalue weighted by Gasteiger charge is 2.42. The number of ether oxygens (including phenoxy) is 2. The van der Waals surface area contributed by atoms with Gasteiger partial charge in [-0.1, -0.05) is 24.3 Å². The first-order valence-corrected chi connectivity index (χ1v) is 8.93. The van der Waals surface area contributed by atoms with Crippen molar-refractivity contribution < 1.29 is 14.3 Å². The molecule has 0 bridgehead atoms. The van der Waals surface area contributed by atoms with Crippen LogP contribution in [0.2, 0.25) is 0 Å². The van der Waals surface area contributed by atoms with Gasteiger partial charge in [-0.05, 0) is 38.8 Å². The zero-order valence-electron chi connectivity index (χ0n) is 14.1. The fourth-order valence-electron chi connectivity index (χ4n) is 2.36. The lowest BCUT2D eigenvalue weighted by atomic mass is 10.1. The lowest BCUT2D eigenvalue weighted by Crippen LogP contribution is -2.15. The SMILES string of the molecule is CCOc1cccc(OCC)c1C(=O)Nc1nnc(C2(C)CC2)s1. The van der Waals surface area contributed by atoms with E-state index in [9.17, 15) is 4.79 Å². The molecule has 1 aromatic carbocycles. The average Bonchev–Trinajstić information content (AvgIpc) is 3.13. The third-order valence-corrected chi connectivity index (χ3v) is 5.12. The molecule has 0 saturated heterocycles. The molecule has 0 aliphatic heterocycles. The summed E-state index contributed by atoms with van der Waals surface area (Å²) in [6.07, 6.45) is 2.24. The first-order valence-electron chi connectivity index (χ1n) is 8.11. The van der Waals surface area contributed by atoms with Crippen LogP contribution in [0.25, 0.3) is 0 Å². The van der Waals surface area contributed by atoms with Gasteiger partial charge in [0.1, 0.15) is 22.1 Å². The Labute approximate surface area is 145 Å². The molecule has 1 amide bonds. The van der Waals surface area contributed by atoms with Crippen molar-refractivity contribution in [3.63, 3.8) is 0 Å². The van der Waals surface area contributed by atoms with E-state index in [2.05, 4.69) is 22.4 Å². The molecule has 1 N–H and O–H groups in total. The fraction of sp³-hybridized carbons (Fsp3) is 0.471. The van der Waals surface area contributed by atoms with E-state index in [0.29, 0.717) is 35.4 Å². The lowest BCUT2D eigenvalue weighted by molar-refractivity contribution is 0.101. The zero-order valence-corrected chi connectivity index (χ0v) is 14.9. The zero-order chi connectivity index (χ0) is 17.2. The number of amides is 1.